The summed E-state index contributed by atoms with van der Waals surface area (Å²) in [5.41, 5.74) is 5.25. The summed E-state index contributed by atoms with van der Waals surface area (Å²) in [5.74, 6) is -4.55. The smallest absolute Gasteiger partial charge is 0.303 e. The van der Waals surface area contributed by atoms with Gasteiger partial charge in [0.1, 0.15) is 42.5 Å². The van der Waals surface area contributed by atoms with Gasteiger partial charge < -0.3 is 51.8 Å². The molecule has 1 aliphatic heterocycles. The van der Waals surface area contributed by atoms with Gasteiger partial charge in [0.05, 0.1) is 0 Å². The minimum Gasteiger partial charge on any atom is -0.481 e. The number of rotatable bonds is 29. The van der Waals surface area contributed by atoms with Crippen LogP contribution in [0.2, 0.25) is 0 Å². The van der Waals surface area contributed by atoms with Gasteiger partial charge in [0.2, 0.25) is 29.5 Å². The summed E-state index contributed by atoms with van der Waals surface area (Å²) >= 11 is 0. The fourth-order valence-corrected chi connectivity index (χ4v) is 6.16. The summed E-state index contributed by atoms with van der Waals surface area (Å²) < 4.78 is 11.3. The van der Waals surface area contributed by atoms with Crippen molar-refractivity contribution < 1.29 is 53.6 Å². The summed E-state index contributed by atoms with van der Waals surface area (Å²) in [6.07, 6.45) is 10.9. The van der Waals surface area contributed by atoms with Crippen molar-refractivity contribution in [2.24, 2.45) is 5.73 Å². The Bertz CT molecular complexity index is 1130. The van der Waals surface area contributed by atoms with Crippen LogP contribution in [-0.2, 0) is 38.2 Å². The van der Waals surface area contributed by atoms with Crippen molar-refractivity contribution in [2.45, 2.75) is 192 Å². The van der Waals surface area contributed by atoms with E-state index in [0.717, 1.165) is 19.3 Å². The van der Waals surface area contributed by atoms with Crippen LogP contribution in [0.1, 0.15) is 143 Å². The standard InChI is InChI=1S/C37H67N5O11/c1-5-6-7-8-9-10-11-12-13-14-15-16-17-18-19-20-29(44)39-23-28-32(47)33(31(37(51)53-28)41-26(4)43)52-25(3)36(50)40-24(2)35(49)42-27(34(38)48)21-22-30(45)46/h24-25,27-28,31-33,37,47,51H,5-23H2,1-4H3,(H2,38,48)(H,39,44)(H,40,50)(H,41,43)(H,42,49)(H,45,46)/t24-,25+,27?,28?,31?,32?,33?,37?/m0/s1. The second kappa shape index (κ2) is 27.3. The SMILES string of the molecule is CCCCCCCCCCCCCCCCCC(=O)NCC1OC(O)C(NC(C)=O)C(O[C@H](C)C(=O)N[C@@H](C)C(=O)NC(CCC(=O)O)C(N)=O)C1O. The minimum absolute atomic E-state index is 0.164. The summed E-state index contributed by atoms with van der Waals surface area (Å²) in [5, 5.41) is 40.6. The summed E-state index contributed by atoms with van der Waals surface area (Å²) in [7, 11) is 0. The van der Waals surface area contributed by atoms with E-state index in [0.29, 0.717) is 12.8 Å². The molecule has 8 atom stereocenters. The van der Waals surface area contributed by atoms with Crippen LogP contribution >= 0.6 is 0 Å². The zero-order chi connectivity index (χ0) is 39.8. The molecule has 0 spiro atoms. The number of aliphatic hydroxyl groups is 2. The maximum atomic E-state index is 13.0. The van der Waals surface area contributed by atoms with Gasteiger partial charge >= 0.3 is 5.97 Å². The van der Waals surface area contributed by atoms with Crippen LogP contribution in [0.5, 0.6) is 0 Å². The fraction of sp³-hybridized carbons (Fsp3) is 0.838. The molecule has 5 amide bonds. The van der Waals surface area contributed by atoms with E-state index in [1.54, 1.807) is 0 Å². The van der Waals surface area contributed by atoms with E-state index in [9.17, 15) is 39.0 Å². The lowest BCUT2D eigenvalue weighted by molar-refractivity contribution is -0.259. The molecule has 1 saturated heterocycles. The second-order valence-corrected chi connectivity index (χ2v) is 14.2. The maximum Gasteiger partial charge on any atom is 0.303 e. The predicted octanol–water partition coefficient (Wildman–Crippen LogP) is 2.06. The molecule has 1 fully saturated rings. The third-order valence-electron chi connectivity index (χ3n) is 9.36. The van der Waals surface area contributed by atoms with Crippen LogP contribution in [0.15, 0.2) is 0 Å². The predicted molar refractivity (Wildman–Crippen MR) is 197 cm³/mol. The number of carboxylic acids is 1. The molecule has 16 nitrogen and oxygen atoms in total. The van der Waals surface area contributed by atoms with E-state index < -0.39 is 84.9 Å². The van der Waals surface area contributed by atoms with Gasteiger partial charge in [-0.3, -0.25) is 28.8 Å². The number of carboxylic acid groups (broad SMARTS) is 1. The van der Waals surface area contributed by atoms with Gasteiger partial charge in [-0.25, -0.2) is 0 Å². The van der Waals surface area contributed by atoms with Crippen molar-refractivity contribution in [3.05, 3.63) is 0 Å². The molecule has 0 aromatic rings. The average Bonchev–Trinajstić information content (AvgIpc) is 3.09. The molecule has 0 aliphatic carbocycles. The van der Waals surface area contributed by atoms with Gasteiger partial charge in [-0.05, 0) is 26.7 Å². The summed E-state index contributed by atoms with van der Waals surface area (Å²) in [6, 6.07) is -3.76. The Labute approximate surface area is 314 Å². The first-order valence-corrected chi connectivity index (χ1v) is 19.5. The highest BCUT2D eigenvalue weighted by molar-refractivity contribution is 5.92. The quantitative estimate of drug-likeness (QED) is 0.0513. The van der Waals surface area contributed by atoms with Gasteiger partial charge in [-0.1, -0.05) is 96.8 Å². The Hall–Kier alpha value is -3.34. The molecular weight excluding hydrogens is 690 g/mol. The number of carbonyl (C=O) groups excluding carboxylic acids is 5. The third kappa shape index (κ3) is 20.6. The van der Waals surface area contributed by atoms with Crippen molar-refractivity contribution in [2.75, 3.05) is 6.54 Å². The van der Waals surface area contributed by atoms with Gasteiger partial charge in [-0.2, -0.15) is 0 Å². The number of aliphatic carboxylic acids is 1. The molecule has 16 heteroatoms. The second-order valence-electron chi connectivity index (χ2n) is 14.2. The molecule has 53 heavy (non-hydrogen) atoms. The lowest BCUT2D eigenvalue weighted by atomic mass is 9.95. The number of carbonyl (C=O) groups is 6. The van der Waals surface area contributed by atoms with E-state index in [-0.39, 0.29) is 18.9 Å². The number of primary amides is 1. The fourth-order valence-electron chi connectivity index (χ4n) is 6.16. The summed E-state index contributed by atoms with van der Waals surface area (Å²) in [4.78, 5) is 72.5. The van der Waals surface area contributed by atoms with Crippen LogP contribution in [0.25, 0.3) is 0 Å². The highest BCUT2D eigenvalue weighted by Crippen LogP contribution is 2.24. The van der Waals surface area contributed by atoms with Crippen molar-refractivity contribution in [3.8, 4) is 0 Å². The van der Waals surface area contributed by atoms with Crippen LogP contribution in [-0.4, -0.2) is 106 Å². The molecule has 0 radical (unpaired) electrons. The zero-order valence-electron chi connectivity index (χ0n) is 32.2. The number of nitrogens with two attached hydrogens (primary N) is 1. The highest BCUT2D eigenvalue weighted by atomic mass is 16.6. The van der Waals surface area contributed by atoms with Gasteiger partial charge in [0.25, 0.3) is 0 Å². The number of amides is 5. The molecule has 0 saturated carbocycles. The van der Waals surface area contributed by atoms with Crippen molar-refractivity contribution in [3.63, 3.8) is 0 Å². The Kier molecular flexibility index (Phi) is 24.5. The van der Waals surface area contributed by atoms with Crippen molar-refractivity contribution in [1.82, 2.24) is 21.3 Å². The van der Waals surface area contributed by atoms with Gasteiger partial charge in [0, 0.05) is 26.3 Å². The van der Waals surface area contributed by atoms with Gasteiger partial charge in [-0.15, -0.1) is 0 Å². The maximum absolute atomic E-state index is 13.0. The molecule has 1 heterocycles. The van der Waals surface area contributed by atoms with Crippen LogP contribution in [0.4, 0.5) is 0 Å². The molecule has 0 aromatic carbocycles. The first-order chi connectivity index (χ1) is 25.2. The van der Waals surface area contributed by atoms with E-state index in [4.69, 9.17) is 20.3 Å². The average molecular weight is 758 g/mol. The molecule has 306 valence electrons. The molecule has 1 rings (SSSR count). The minimum atomic E-state index is -1.65. The highest BCUT2D eigenvalue weighted by Gasteiger charge is 2.47. The Morgan fingerprint density at radius 2 is 1.30 bits per heavy atom. The van der Waals surface area contributed by atoms with E-state index in [2.05, 4.69) is 28.2 Å². The van der Waals surface area contributed by atoms with Crippen LogP contribution in [0, 0.1) is 0 Å². The molecule has 0 bridgehead atoms. The van der Waals surface area contributed by atoms with Gasteiger partial charge in [0.15, 0.2) is 6.29 Å². The molecule has 6 unspecified atom stereocenters. The summed E-state index contributed by atoms with van der Waals surface area (Å²) in [6.45, 7) is 5.91. The Balaban J connectivity index is 2.53. The number of hydrogen-bond donors (Lipinski definition) is 8. The first-order valence-electron chi connectivity index (χ1n) is 19.5. The largest absolute Gasteiger partial charge is 0.481 e. The van der Waals surface area contributed by atoms with E-state index in [1.807, 2.05) is 0 Å². The van der Waals surface area contributed by atoms with Crippen LogP contribution in [0.3, 0.4) is 0 Å². The van der Waals surface area contributed by atoms with Crippen LogP contribution < -0.4 is 27.0 Å². The van der Waals surface area contributed by atoms with E-state index >= 15 is 0 Å². The number of ether oxygens (including phenoxy) is 2. The monoisotopic (exact) mass is 757 g/mol. The lowest BCUT2D eigenvalue weighted by Crippen LogP contribution is -2.66. The molecular formula is C37H67N5O11. The number of unbranched alkanes of at least 4 members (excludes halogenated alkanes) is 14. The third-order valence-corrected chi connectivity index (χ3v) is 9.36. The number of hydrogen-bond acceptors (Lipinski definition) is 10. The Morgan fingerprint density at radius 1 is 0.774 bits per heavy atom. The molecule has 9 N–H and O–H groups in total. The Morgan fingerprint density at radius 3 is 1.79 bits per heavy atom. The zero-order valence-corrected chi connectivity index (χ0v) is 32.2. The van der Waals surface area contributed by atoms with Crippen molar-refractivity contribution >= 4 is 35.5 Å². The van der Waals surface area contributed by atoms with Crippen molar-refractivity contribution in [1.29, 1.82) is 0 Å². The topological polar surface area (TPSA) is 256 Å². The normalized spacial score (nSPS) is 21.5. The number of aliphatic hydroxyl groups excluding tert-OH is 2. The first kappa shape index (κ1) is 47.7. The molecule has 1 aliphatic rings. The van der Waals surface area contributed by atoms with E-state index in [1.165, 1.54) is 91.4 Å². The molecule has 0 aromatic heterocycles. The lowest BCUT2D eigenvalue weighted by Gasteiger charge is -2.43. The number of nitrogens with one attached hydrogen (secondary N) is 4.